The summed E-state index contributed by atoms with van der Waals surface area (Å²) in [6.07, 6.45) is 3.24. The van der Waals surface area contributed by atoms with Crippen molar-refractivity contribution in [3.8, 4) is 0 Å². The minimum Gasteiger partial charge on any atom is -0.361 e. The van der Waals surface area contributed by atoms with Gasteiger partial charge in [0, 0.05) is 12.1 Å². The van der Waals surface area contributed by atoms with Gasteiger partial charge in [0.2, 0.25) is 0 Å². The van der Waals surface area contributed by atoms with E-state index in [2.05, 4.69) is 10.3 Å². The highest BCUT2D eigenvalue weighted by atomic mass is 35.5. The molecule has 1 aromatic rings. The molecule has 0 unspecified atom stereocenters. The van der Waals surface area contributed by atoms with Gasteiger partial charge in [-0.15, -0.1) is 11.6 Å². The number of anilines is 1. The highest BCUT2D eigenvalue weighted by Crippen LogP contribution is 2.23. The predicted molar refractivity (Wildman–Crippen MR) is 61.9 cm³/mol. The maximum atomic E-state index is 13.4. The number of aromatic nitrogens is 1. The van der Waals surface area contributed by atoms with Gasteiger partial charge < -0.3 is 5.32 Å². The predicted octanol–water partition coefficient (Wildman–Crippen LogP) is 3.43. The molecule has 0 saturated carbocycles. The second-order valence-corrected chi connectivity index (χ2v) is 3.85. The molecule has 0 aliphatic heterocycles. The van der Waals surface area contributed by atoms with E-state index in [0.29, 0.717) is 5.88 Å². The number of halogens is 2. The molecule has 0 bridgehead atoms. The van der Waals surface area contributed by atoms with Gasteiger partial charge >= 0.3 is 0 Å². The minimum absolute atomic E-state index is 0.267. The Labute approximate surface area is 94.9 Å². The van der Waals surface area contributed by atoms with Crippen LogP contribution in [0.2, 0.25) is 0 Å². The van der Waals surface area contributed by atoms with Gasteiger partial charge in [0.1, 0.15) is 0 Å². The Bertz CT molecular complexity index is 305. The van der Waals surface area contributed by atoms with Crippen LogP contribution in [0.25, 0.3) is 0 Å². The highest BCUT2D eigenvalue weighted by Gasteiger charge is 2.26. The fourth-order valence-electron chi connectivity index (χ4n) is 1.38. The summed E-state index contributed by atoms with van der Waals surface area (Å²) in [5.74, 6) is 0.381. The lowest BCUT2D eigenvalue weighted by Gasteiger charge is -2.31. The standard InChI is InChI=1S/C11H16ClFN2/c1-3-11(4-2,8-12)15-10-9(13)6-5-7-14-10/h5-7H,3-4,8H2,1-2H3,(H,14,15). The Balaban J connectivity index is 2.88. The largest absolute Gasteiger partial charge is 0.361 e. The third kappa shape index (κ3) is 2.81. The molecule has 0 fully saturated rings. The number of hydrogen-bond acceptors (Lipinski definition) is 2. The van der Waals surface area contributed by atoms with Crippen LogP contribution in [0.3, 0.4) is 0 Å². The Morgan fingerprint density at radius 1 is 1.47 bits per heavy atom. The first-order chi connectivity index (χ1) is 7.17. The molecule has 0 atom stereocenters. The summed E-state index contributed by atoms with van der Waals surface area (Å²) in [5, 5.41) is 3.09. The van der Waals surface area contributed by atoms with Gasteiger partial charge in [-0.3, -0.25) is 0 Å². The van der Waals surface area contributed by atoms with E-state index >= 15 is 0 Å². The van der Waals surface area contributed by atoms with Gasteiger partial charge in [-0.1, -0.05) is 13.8 Å². The number of alkyl halides is 1. The van der Waals surface area contributed by atoms with Crippen LogP contribution in [0, 0.1) is 5.82 Å². The van der Waals surface area contributed by atoms with Crippen molar-refractivity contribution in [3.05, 3.63) is 24.1 Å². The lowest BCUT2D eigenvalue weighted by molar-refractivity contribution is 0.477. The van der Waals surface area contributed by atoms with Crippen molar-refractivity contribution in [2.75, 3.05) is 11.2 Å². The smallest absolute Gasteiger partial charge is 0.165 e. The Hall–Kier alpha value is -0.830. The monoisotopic (exact) mass is 230 g/mol. The normalized spacial score (nSPS) is 11.5. The summed E-state index contributed by atoms with van der Waals surface area (Å²) in [7, 11) is 0. The highest BCUT2D eigenvalue weighted by molar-refractivity contribution is 6.18. The second-order valence-electron chi connectivity index (χ2n) is 3.58. The third-order valence-electron chi connectivity index (χ3n) is 2.75. The summed E-state index contributed by atoms with van der Waals surface area (Å²) >= 11 is 5.91. The number of nitrogens with one attached hydrogen (secondary N) is 1. The lowest BCUT2D eigenvalue weighted by Crippen LogP contribution is -2.39. The van der Waals surface area contributed by atoms with Crippen LogP contribution in [-0.2, 0) is 0 Å². The van der Waals surface area contributed by atoms with Gasteiger partial charge in [0.15, 0.2) is 11.6 Å². The molecule has 0 saturated heterocycles. The molecule has 4 heteroatoms. The van der Waals surface area contributed by atoms with Crippen LogP contribution in [-0.4, -0.2) is 16.4 Å². The zero-order valence-corrected chi connectivity index (χ0v) is 9.81. The topological polar surface area (TPSA) is 24.9 Å². The summed E-state index contributed by atoms with van der Waals surface area (Å²) in [4.78, 5) is 3.96. The summed E-state index contributed by atoms with van der Waals surface area (Å²) < 4.78 is 13.4. The number of nitrogens with zero attached hydrogens (tertiary/aromatic N) is 1. The molecule has 0 radical (unpaired) electrons. The number of pyridine rings is 1. The molecule has 1 aromatic heterocycles. The zero-order chi connectivity index (χ0) is 11.3. The van der Waals surface area contributed by atoms with Gasteiger partial charge in [-0.2, -0.15) is 0 Å². The molecule has 1 heterocycles. The molecular weight excluding hydrogens is 215 g/mol. The van der Waals surface area contributed by atoms with Crippen molar-refractivity contribution < 1.29 is 4.39 Å². The molecule has 0 aromatic carbocycles. The summed E-state index contributed by atoms with van der Waals surface area (Å²) in [5.41, 5.74) is -0.267. The molecule has 1 N–H and O–H groups in total. The van der Waals surface area contributed by atoms with E-state index < -0.39 is 0 Å². The summed E-state index contributed by atoms with van der Waals surface area (Å²) in [6.45, 7) is 4.06. The molecule has 0 amide bonds. The molecule has 84 valence electrons. The summed E-state index contributed by atoms with van der Waals surface area (Å²) in [6, 6.07) is 2.96. The molecule has 15 heavy (non-hydrogen) atoms. The molecule has 0 aliphatic carbocycles. The third-order valence-corrected chi connectivity index (χ3v) is 3.26. The fraction of sp³-hybridized carbons (Fsp3) is 0.545. The van der Waals surface area contributed by atoms with E-state index in [1.807, 2.05) is 13.8 Å². The SMILES string of the molecule is CCC(CC)(CCl)Nc1ncccc1F. The van der Waals surface area contributed by atoms with Crippen molar-refractivity contribution in [2.24, 2.45) is 0 Å². The minimum atomic E-state index is -0.339. The van der Waals surface area contributed by atoms with Crippen LogP contribution >= 0.6 is 11.6 Å². The lowest BCUT2D eigenvalue weighted by atomic mass is 9.95. The van der Waals surface area contributed by atoms with Crippen LogP contribution in [0.15, 0.2) is 18.3 Å². The van der Waals surface area contributed by atoms with Gasteiger partial charge in [-0.05, 0) is 25.0 Å². The van der Waals surface area contributed by atoms with Crippen LogP contribution < -0.4 is 5.32 Å². The second kappa shape index (κ2) is 5.31. The van der Waals surface area contributed by atoms with Crippen LogP contribution in [0.5, 0.6) is 0 Å². The average molecular weight is 231 g/mol. The van der Waals surface area contributed by atoms with Crippen molar-refractivity contribution >= 4 is 17.4 Å². The molecule has 0 aliphatic rings. The Kier molecular flexibility index (Phi) is 4.33. The van der Waals surface area contributed by atoms with Crippen molar-refractivity contribution in [3.63, 3.8) is 0 Å². The molecule has 2 nitrogen and oxygen atoms in total. The molecule has 1 rings (SSSR count). The number of hydrogen-bond donors (Lipinski definition) is 1. The number of rotatable bonds is 5. The quantitative estimate of drug-likeness (QED) is 0.784. The van der Waals surface area contributed by atoms with Gasteiger partial charge in [0.25, 0.3) is 0 Å². The molecule has 0 spiro atoms. The molecular formula is C11H16ClFN2. The first-order valence-corrected chi connectivity index (χ1v) is 5.65. The van der Waals surface area contributed by atoms with Crippen LogP contribution in [0.4, 0.5) is 10.2 Å². The van der Waals surface area contributed by atoms with Crippen molar-refractivity contribution in [1.29, 1.82) is 0 Å². The first kappa shape index (κ1) is 12.2. The Morgan fingerprint density at radius 2 is 2.13 bits per heavy atom. The maximum absolute atomic E-state index is 13.4. The van der Waals surface area contributed by atoms with Crippen molar-refractivity contribution in [2.45, 2.75) is 32.2 Å². The maximum Gasteiger partial charge on any atom is 0.165 e. The fourth-order valence-corrected chi connectivity index (χ4v) is 1.82. The van der Waals surface area contributed by atoms with Crippen LogP contribution in [0.1, 0.15) is 26.7 Å². The van der Waals surface area contributed by atoms with E-state index in [1.165, 1.54) is 6.07 Å². The Morgan fingerprint density at radius 3 is 2.60 bits per heavy atom. The van der Waals surface area contributed by atoms with E-state index in [-0.39, 0.29) is 17.2 Å². The van der Waals surface area contributed by atoms with E-state index in [0.717, 1.165) is 12.8 Å². The average Bonchev–Trinajstić information content (AvgIpc) is 2.29. The zero-order valence-electron chi connectivity index (χ0n) is 9.06. The van der Waals surface area contributed by atoms with E-state index in [9.17, 15) is 4.39 Å². The first-order valence-electron chi connectivity index (χ1n) is 5.12. The van der Waals surface area contributed by atoms with Gasteiger partial charge in [0.05, 0.1) is 5.54 Å². The van der Waals surface area contributed by atoms with E-state index in [4.69, 9.17) is 11.6 Å². The van der Waals surface area contributed by atoms with E-state index in [1.54, 1.807) is 12.3 Å². The van der Waals surface area contributed by atoms with Crippen molar-refractivity contribution in [1.82, 2.24) is 4.98 Å². The van der Waals surface area contributed by atoms with Gasteiger partial charge in [-0.25, -0.2) is 9.37 Å².